The van der Waals surface area contributed by atoms with E-state index in [1.54, 1.807) is 24.3 Å². The maximum absolute atomic E-state index is 12.6. The molecule has 3 rings (SSSR count). The van der Waals surface area contributed by atoms with E-state index in [2.05, 4.69) is 10.6 Å². The Bertz CT molecular complexity index is 691. The molecule has 2 aliphatic carbocycles. The molecule has 0 aromatic heterocycles. The number of hydrogen-bond donors (Lipinski definition) is 3. The van der Waals surface area contributed by atoms with Gasteiger partial charge in [-0.3, -0.25) is 14.4 Å². The Balaban J connectivity index is 1.56. The fraction of sp³-hybridized carbons (Fsp3) is 0.591. The van der Waals surface area contributed by atoms with Gasteiger partial charge < -0.3 is 15.7 Å². The van der Waals surface area contributed by atoms with Gasteiger partial charge in [-0.05, 0) is 55.9 Å². The van der Waals surface area contributed by atoms with Crippen LogP contribution in [0.4, 0.5) is 5.69 Å². The van der Waals surface area contributed by atoms with Crippen LogP contribution in [-0.2, 0) is 9.59 Å². The van der Waals surface area contributed by atoms with E-state index in [-0.39, 0.29) is 30.2 Å². The van der Waals surface area contributed by atoms with Crippen LogP contribution in [0.1, 0.15) is 74.6 Å². The Morgan fingerprint density at radius 3 is 2.29 bits per heavy atom. The molecule has 3 N–H and O–H groups in total. The summed E-state index contributed by atoms with van der Waals surface area (Å²) in [5, 5.41) is 14.9. The lowest BCUT2D eigenvalue weighted by Crippen LogP contribution is -2.37. The fourth-order valence-electron chi connectivity index (χ4n) is 3.94. The molecule has 2 aliphatic rings. The predicted octanol–water partition coefficient (Wildman–Crippen LogP) is 3.97. The van der Waals surface area contributed by atoms with E-state index in [9.17, 15) is 14.4 Å². The van der Waals surface area contributed by atoms with Crippen LogP contribution < -0.4 is 10.6 Å². The number of carboxylic acid groups (broad SMARTS) is 1. The lowest BCUT2D eigenvalue weighted by molar-refractivity contribution is -0.137. The standard InChI is InChI=1S/C22H30N2O4/c25-20(26)13-12-19(14-15-4-2-1-3-5-15)24-22(28)17-8-10-18(11-9-17)23-21(27)16-6-7-16/h8-11,15-16,19H,1-7,12-14H2,(H,23,27)(H,24,28)(H,25,26). The van der Waals surface area contributed by atoms with Gasteiger partial charge in [0.15, 0.2) is 0 Å². The summed E-state index contributed by atoms with van der Waals surface area (Å²) < 4.78 is 0. The van der Waals surface area contributed by atoms with Crippen molar-refractivity contribution in [3.63, 3.8) is 0 Å². The summed E-state index contributed by atoms with van der Waals surface area (Å²) in [4.78, 5) is 35.4. The van der Waals surface area contributed by atoms with Crippen LogP contribution in [0.25, 0.3) is 0 Å². The van der Waals surface area contributed by atoms with Gasteiger partial charge in [0.05, 0.1) is 0 Å². The molecule has 2 saturated carbocycles. The first-order chi connectivity index (χ1) is 13.5. The summed E-state index contributed by atoms with van der Waals surface area (Å²) in [6.07, 6.45) is 9.29. The highest BCUT2D eigenvalue weighted by Crippen LogP contribution is 2.30. The Morgan fingerprint density at radius 2 is 1.68 bits per heavy atom. The molecule has 0 radical (unpaired) electrons. The molecule has 0 aliphatic heterocycles. The predicted molar refractivity (Wildman–Crippen MR) is 107 cm³/mol. The minimum absolute atomic E-state index is 0.0402. The maximum Gasteiger partial charge on any atom is 0.303 e. The molecule has 1 unspecified atom stereocenters. The number of carboxylic acids is 1. The van der Waals surface area contributed by atoms with Crippen LogP contribution in [0.5, 0.6) is 0 Å². The lowest BCUT2D eigenvalue weighted by atomic mass is 9.84. The average molecular weight is 386 g/mol. The topological polar surface area (TPSA) is 95.5 Å². The Hall–Kier alpha value is -2.37. The second-order valence-electron chi connectivity index (χ2n) is 8.18. The maximum atomic E-state index is 12.6. The van der Waals surface area contributed by atoms with E-state index in [1.165, 1.54) is 19.3 Å². The monoisotopic (exact) mass is 386 g/mol. The number of benzene rings is 1. The number of amides is 2. The second-order valence-corrected chi connectivity index (χ2v) is 8.18. The molecule has 0 heterocycles. The molecule has 0 bridgehead atoms. The molecule has 1 aromatic carbocycles. The molecule has 0 saturated heterocycles. The van der Waals surface area contributed by atoms with Gasteiger partial charge in [-0.1, -0.05) is 32.1 Å². The van der Waals surface area contributed by atoms with Crippen LogP contribution in [0.2, 0.25) is 0 Å². The number of hydrogen-bond acceptors (Lipinski definition) is 3. The number of nitrogens with one attached hydrogen (secondary N) is 2. The summed E-state index contributed by atoms with van der Waals surface area (Å²) in [5.74, 6) is -0.283. The first kappa shape index (κ1) is 20.4. The molecule has 6 heteroatoms. The number of anilines is 1. The van der Waals surface area contributed by atoms with Gasteiger partial charge in [-0.15, -0.1) is 0 Å². The molecule has 2 fully saturated rings. The summed E-state index contributed by atoms with van der Waals surface area (Å²) in [6, 6.07) is 6.76. The molecule has 1 aromatic rings. The second kappa shape index (κ2) is 9.71. The van der Waals surface area contributed by atoms with Gasteiger partial charge >= 0.3 is 5.97 Å². The van der Waals surface area contributed by atoms with Crippen LogP contribution in [0.15, 0.2) is 24.3 Å². The SMILES string of the molecule is O=C(O)CCC(CC1CCCCC1)NC(=O)c1ccc(NC(=O)C2CC2)cc1. The molecular formula is C22H30N2O4. The smallest absolute Gasteiger partial charge is 0.303 e. The molecule has 6 nitrogen and oxygen atoms in total. The van der Waals surface area contributed by atoms with Crippen molar-refractivity contribution in [2.45, 2.75) is 70.3 Å². The highest BCUT2D eigenvalue weighted by atomic mass is 16.4. The molecular weight excluding hydrogens is 356 g/mol. The zero-order valence-corrected chi connectivity index (χ0v) is 16.3. The zero-order valence-electron chi connectivity index (χ0n) is 16.3. The van der Waals surface area contributed by atoms with Crippen LogP contribution in [0, 0.1) is 11.8 Å². The summed E-state index contributed by atoms with van der Waals surface area (Å²) in [7, 11) is 0. The molecule has 28 heavy (non-hydrogen) atoms. The average Bonchev–Trinajstić information content (AvgIpc) is 3.53. The van der Waals surface area contributed by atoms with Gasteiger partial charge in [-0.25, -0.2) is 0 Å². The highest BCUT2D eigenvalue weighted by molar-refractivity contribution is 5.96. The molecule has 152 valence electrons. The van der Waals surface area contributed by atoms with Crippen molar-refractivity contribution in [2.75, 3.05) is 5.32 Å². The molecule has 2 amide bonds. The van der Waals surface area contributed by atoms with Gasteiger partial charge in [0.1, 0.15) is 0 Å². The fourth-order valence-corrected chi connectivity index (χ4v) is 3.94. The lowest BCUT2D eigenvalue weighted by Gasteiger charge is -2.27. The minimum Gasteiger partial charge on any atom is -0.481 e. The van der Waals surface area contributed by atoms with Crippen LogP contribution in [-0.4, -0.2) is 28.9 Å². The van der Waals surface area contributed by atoms with Crippen molar-refractivity contribution in [2.24, 2.45) is 11.8 Å². The van der Waals surface area contributed by atoms with Gasteiger partial charge in [0, 0.05) is 29.6 Å². The van der Waals surface area contributed by atoms with E-state index in [1.807, 2.05) is 0 Å². The third kappa shape index (κ3) is 6.36. The van der Waals surface area contributed by atoms with E-state index in [0.29, 0.717) is 23.6 Å². The van der Waals surface area contributed by atoms with Crippen molar-refractivity contribution in [1.82, 2.24) is 5.32 Å². The van der Waals surface area contributed by atoms with E-state index in [4.69, 9.17) is 5.11 Å². The summed E-state index contributed by atoms with van der Waals surface area (Å²) >= 11 is 0. The van der Waals surface area contributed by atoms with Gasteiger partial charge in [0.2, 0.25) is 5.91 Å². The largest absolute Gasteiger partial charge is 0.481 e. The number of aliphatic carboxylic acids is 1. The minimum atomic E-state index is -0.835. The molecule has 1 atom stereocenters. The highest BCUT2D eigenvalue weighted by Gasteiger charge is 2.29. The summed E-state index contributed by atoms with van der Waals surface area (Å²) in [6.45, 7) is 0. The third-order valence-electron chi connectivity index (χ3n) is 5.75. The Kier molecular flexibility index (Phi) is 7.06. The Morgan fingerprint density at radius 1 is 1.00 bits per heavy atom. The number of rotatable bonds is 9. The van der Waals surface area contributed by atoms with Crippen molar-refractivity contribution < 1.29 is 19.5 Å². The molecule has 0 spiro atoms. The first-order valence-electron chi connectivity index (χ1n) is 10.4. The number of carbonyl (C=O) groups is 3. The van der Waals surface area contributed by atoms with Crippen LogP contribution >= 0.6 is 0 Å². The summed E-state index contributed by atoms with van der Waals surface area (Å²) in [5.41, 5.74) is 1.21. The van der Waals surface area contributed by atoms with Crippen molar-refractivity contribution in [1.29, 1.82) is 0 Å². The first-order valence-corrected chi connectivity index (χ1v) is 10.4. The quantitative estimate of drug-likeness (QED) is 0.598. The van der Waals surface area contributed by atoms with E-state index < -0.39 is 5.97 Å². The van der Waals surface area contributed by atoms with Crippen molar-refractivity contribution in [3.8, 4) is 0 Å². The third-order valence-corrected chi connectivity index (χ3v) is 5.75. The Labute approximate surface area is 166 Å². The normalized spacial score (nSPS) is 18.3. The van der Waals surface area contributed by atoms with E-state index in [0.717, 1.165) is 32.1 Å². The van der Waals surface area contributed by atoms with Gasteiger partial charge in [0.25, 0.3) is 5.91 Å². The zero-order chi connectivity index (χ0) is 19.9. The van der Waals surface area contributed by atoms with Crippen molar-refractivity contribution in [3.05, 3.63) is 29.8 Å². The van der Waals surface area contributed by atoms with Crippen LogP contribution in [0.3, 0.4) is 0 Å². The number of carbonyl (C=O) groups excluding carboxylic acids is 2. The van der Waals surface area contributed by atoms with Crippen molar-refractivity contribution >= 4 is 23.5 Å². The van der Waals surface area contributed by atoms with E-state index >= 15 is 0 Å². The van der Waals surface area contributed by atoms with Gasteiger partial charge in [-0.2, -0.15) is 0 Å².